The Morgan fingerprint density at radius 1 is 0.815 bits per heavy atom. The second kappa shape index (κ2) is 5.95. The molecule has 0 aliphatic heterocycles. The molecule has 0 aliphatic carbocycles. The van der Waals surface area contributed by atoms with E-state index in [2.05, 4.69) is 30.4 Å². The standard InChI is InChI=1S/C23H16N2O2/c1-15-12-13-19-18(14-15)20(16-8-4-2-5-9-16)21(17-10-6-3-7-11-17)22-23(26)27-24-25(19)22/h2-14H,1H3. The third-order valence-corrected chi connectivity index (χ3v) is 4.87. The van der Waals surface area contributed by atoms with Crippen molar-refractivity contribution in [2.75, 3.05) is 0 Å². The maximum atomic E-state index is 12.6. The van der Waals surface area contributed by atoms with E-state index >= 15 is 0 Å². The molecule has 0 N–H and O–H groups in total. The fourth-order valence-electron chi connectivity index (χ4n) is 3.70. The summed E-state index contributed by atoms with van der Waals surface area (Å²) in [6, 6.07) is 26.2. The van der Waals surface area contributed by atoms with E-state index in [9.17, 15) is 5.11 Å². The molecule has 0 aliphatic rings. The van der Waals surface area contributed by atoms with Gasteiger partial charge < -0.3 is 9.63 Å². The van der Waals surface area contributed by atoms with Crippen molar-refractivity contribution < 1.29 is 14.1 Å². The minimum Gasteiger partial charge on any atom is -0.539 e. The van der Waals surface area contributed by atoms with Crippen LogP contribution in [0.3, 0.4) is 0 Å². The van der Waals surface area contributed by atoms with Gasteiger partial charge in [-0.15, -0.1) is 0 Å². The molecule has 0 fully saturated rings. The quantitative estimate of drug-likeness (QED) is 0.446. The van der Waals surface area contributed by atoms with Gasteiger partial charge in [-0.25, -0.2) is 0 Å². The number of aromatic nitrogens is 2. The van der Waals surface area contributed by atoms with Crippen molar-refractivity contribution in [3.05, 3.63) is 84.4 Å². The highest BCUT2D eigenvalue weighted by atomic mass is 16.6. The van der Waals surface area contributed by atoms with Gasteiger partial charge in [0.25, 0.3) is 5.52 Å². The lowest BCUT2D eigenvalue weighted by Crippen LogP contribution is -2.25. The molecule has 0 radical (unpaired) electrons. The highest BCUT2D eigenvalue weighted by Gasteiger charge is 2.26. The fraction of sp³-hybridized carbons (Fsp3) is 0.0435. The van der Waals surface area contributed by atoms with E-state index in [1.807, 2.05) is 60.7 Å². The van der Waals surface area contributed by atoms with Crippen LogP contribution in [0.1, 0.15) is 5.56 Å². The molecule has 4 nitrogen and oxygen atoms in total. The van der Waals surface area contributed by atoms with Crippen LogP contribution in [0.2, 0.25) is 0 Å². The van der Waals surface area contributed by atoms with E-state index < -0.39 is 5.95 Å². The Hall–Kier alpha value is -3.66. The van der Waals surface area contributed by atoms with Crippen LogP contribution in [-0.4, -0.2) is 5.27 Å². The maximum Gasteiger partial charge on any atom is 0.272 e. The summed E-state index contributed by atoms with van der Waals surface area (Å²) in [6.07, 6.45) is 0. The van der Waals surface area contributed by atoms with Gasteiger partial charge in [0.05, 0.1) is 16.2 Å². The van der Waals surface area contributed by atoms with Crippen LogP contribution < -0.4 is 9.62 Å². The molecule has 0 saturated heterocycles. The van der Waals surface area contributed by atoms with E-state index in [0.717, 1.165) is 38.7 Å². The number of hydrogen-bond donors (Lipinski definition) is 0. The zero-order valence-electron chi connectivity index (χ0n) is 14.7. The van der Waals surface area contributed by atoms with Gasteiger partial charge in [0, 0.05) is 11.6 Å². The Balaban J connectivity index is 2.08. The van der Waals surface area contributed by atoms with E-state index in [1.54, 1.807) is 4.52 Å². The number of rotatable bonds is 2. The normalized spacial score (nSPS) is 11.3. The highest BCUT2D eigenvalue weighted by Crippen LogP contribution is 2.41. The average Bonchev–Trinajstić information content (AvgIpc) is 3.09. The van der Waals surface area contributed by atoms with E-state index in [1.165, 1.54) is 0 Å². The number of nitrogens with zero attached hydrogens (tertiary/aromatic N) is 2. The van der Waals surface area contributed by atoms with Gasteiger partial charge in [-0.2, -0.15) is 0 Å². The summed E-state index contributed by atoms with van der Waals surface area (Å²) in [5.41, 5.74) is 6.31. The van der Waals surface area contributed by atoms with Gasteiger partial charge in [-0.3, -0.25) is 0 Å². The number of fused-ring (bicyclic) bond motifs is 3. The minimum absolute atomic E-state index is 0.437. The Labute approximate surface area is 155 Å². The van der Waals surface area contributed by atoms with Crippen molar-refractivity contribution >= 4 is 16.4 Å². The SMILES string of the molecule is Cc1ccc2c(c1)c(-c1ccccc1)c(-c1ccccc1)c1c([O-])on[n+]12. The first kappa shape index (κ1) is 15.6. The summed E-state index contributed by atoms with van der Waals surface area (Å²) in [6.45, 7) is 2.06. The van der Waals surface area contributed by atoms with Gasteiger partial charge in [0.2, 0.25) is 5.52 Å². The highest BCUT2D eigenvalue weighted by molar-refractivity contribution is 6.06. The summed E-state index contributed by atoms with van der Waals surface area (Å²) in [5.74, 6) is -0.437. The van der Waals surface area contributed by atoms with Crippen molar-refractivity contribution in [1.82, 2.24) is 5.27 Å². The Kier molecular flexibility index (Phi) is 3.44. The first-order valence-electron chi connectivity index (χ1n) is 8.80. The molecule has 3 aromatic carbocycles. The summed E-state index contributed by atoms with van der Waals surface area (Å²) in [4.78, 5) is 0. The topological polar surface area (TPSA) is 53.2 Å². The van der Waals surface area contributed by atoms with Gasteiger partial charge in [-0.05, 0) is 28.6 Å². The largest absolute Gasteiger partial charge is 0.539 e. The molecule has 0 unspecified atom stereocenters. The van der Waals surface area contributed by atoms with E-state index in [0.29, 0.717) is 5.52 Å². The van der Waals surface area contributed by atoms with Crippen LogP contribution in [0, 0.1) is 6.92 Å². The Morgan fingerprint density at radius 2 is 1.44 bits per heavy atom. The zero-order chi connectivity index (χ0) is 18.4. The number of benzene rings is 3. The van der Waals surface area contributed by atoms with Crippen molar-refractivity contribution in [3.8, 4) is 28.2 Å². The first-order chi connectivity index (χ1) is 13.2. The summed E-state index contributed by atoms with van der Waals surface area (Å²) < 4.78 is 6.68. The van der Waals surface area contributed by atoms with Crippen LogP contribution in [0.15, 0.2) is 83.4 Å². The monoisotopic (exact) mass is 352 g/mol. The van der Waals surface area contributed by atoms with Gasteiger partial charge in [0.15, 0.2) is 5.95 Å². The summed E-state index contributed by atoms with van der Waals surface area (Å²) in [5, 5.41) is 17.7. The molecule has 0 amide bonds. The molecule has 2 aromatic heterocycles. The third-order valence-electron chi connectivity index (χ3n) is 4.87. The molecule has 0 spiro atoms. The van der Waals surface area contributed by atoms with Crippen LogP contribution >= 0.6 is 0 Å². The van der Waals surface area contributed by atoms with Gasteiger partial charge in [-0.1, -0.05) is 72.3 Å². The molecule has 0 atom stereocenters. The average molecular weight is 352 g/mol. The summed E-state index contributed by atoms with van der Waals surface area (Å²) >= 11 is 0. The molecule has 0 saturated carbocycles. The van der Waals surface area contributed by atoms with Crippen molar-refractivity contribution in [2.45, 2.75) is 6.92 Å². The lowest BCUT2D eigenvalue weighted by molar-refractivity contribution is -0.567. The van der Waals surface area contributed by atoms with Crippen LogP contribution in [0.4, 0.5) is 0 Å². The van der Waals surface area contributed by atoms with Crippen LogP contribution in [0.25, 0.3) is 38.7 Å². The Bertz CT molecular complexity index is 1280. The second-order valence-corrected chi connectivity index (χ2v) is 6.62. The second-order valence-electron chi connectivity index (χ2n) is 6.62. The first-order valence-corrected chi connectivity index (χ1v) is 8.80. The van der Waals surface area contributed by atoms with Crippen LogP contribution in [0.5, 0.6) is 5.95 Å². The lowest BCUT2D eigenvalue weighted by atomic mass is 9.90. The van der Waals surface area contributed by atoms with Gasteiger partial charge >= 0.3 is 0 Å². The Morgan fingerprint density at radius 3 is 2.11 bits per heavy atom. The predicted octanol–water partition coefficient (Wildman–Crippen LogP) is 4.28. The molecule has 27 heavy (non-hydrogen) atoms. The van der Waals surface area contributed by atoms with E-state index in [-0.39, 0.29) is 0 Å². The number of hydrogen-bond acceptors (Lipinski definition) is 3. The van der Waals surface area contributed by atoms with Crippen molar-refractivity contribution in [2.24, 2.45) is 0 Å². The molecule has 5 aromatic rings. The van der Waals surface area contributed by atoms with Gasteiger partial charge in [0.1, 0.15) is 0 Å². The zero-order valence-corrected chi connectivity index (χ0v) is 14.7. The number of pyridine rings is 1. The fourth-order valence-corrected chi connectivity index (χ4v) is 3.70. The van der Waals surface area contributed by atoms with Crippen LogP contribution in [-0.2, 0) is 0 Å². The molecule has 2 heterocycles. The predicted molar refractivity (Wildman–Crippen MR) is 102 cm³/mol. The minimum atomic E-state index is -0.437. The molecular formula is C23H16N2O2. The summed E-state index contributed by atoms with van der Waals surface area (Å²) in [7, 11) is 0. The molecule has 5 rings (SSSR count). The third kappa shape index (κ3) is 2.38. The molecule has 4 heteroatoms. The lowest BCUT2D eigenvalue weighted by Gasteiger charge is -2.12. The molecule has 130 valence electrons. The smallest absolute Gasteiger partial charge is 0.272 e. The maximum absolute atomic E-state index is 12.6. The number of aryl methyl sites for hydroxylation is 1. The molecule has 0 bridgehead atoms. The van der Waals surface area contributed by atoms with E-state index in [4.69, 9.17) is 4.52 Å². The molecular weight excluding hydrogens is 336 g/mol. The van der Waals surface area contributed by atoms with Crippen molar-refractivity contribution in [1.29, 1.82) is 0 Å². The van der Waals surface area contributed by atoms with Crippen molar-refractivity contribution in [3.63, 3.8) is 0 Å².